The second-order valence-electron chi connectivity index (χ2n) is 1.92. The van der Waals surface area contributed by atoms with Gasteiger partial charge in [0.1, 0.15) is 0 Å². The molecule has 0 saturated carbocycles. The third-order valence-corrected chi connectivity index (χ3v) is 1.02. The minimum Gasteiger partial charge on any atom is -0.469 e. The van der Waals surface area contributed by atoms with Gasteiger partial charge in [0.05, 0.1) is 7.11 Å². The maximum Gasteiger partial charge on any atom is 0.305 e. The summed E-state index contributed by atoms with van der Waals surface area (Å²) < 4.78 is 4.37. The number of esters is 1. The van der Waals surface area contributed by atoms with Crippen LogP contribution in [0.3, 0.4) is 0 Å². The van der Waals surface area contributed by atoms with Crippen LogP contribution in [0.2, 0.25) is 0 Å². The van der Waals surface area contributed by atoms with Crippen LogP contribution in [0.25, 0.3) is 0 Å². The van der Waals surface area contributed by atoms with E-state index in [1.54, 1.807) is 6.08 Å². The van der Waals surface area contributed by atoms with E-state index in [1.165, 1.54) is 13.2 Å². The van der Waals surface area contributed by atoms with Crippen molar-refractivity contribution in [2.75, 3.05) is 7.11 Å². The van der Waals surface area contributed by atoms with E-state index in [2.05, 4.69) is 4.74 Å². The zero-order chi connectivity index (χ0) is 8.69. The van der Waals surface area contributed by atoms with Gasteiger partial charge in [-0.2, -0.15) is 0 Å². The molecule has 62 valence electrons. The molecule has 0 radical (unpaired) electrons. The van der Waals surface area contributed by atoms with E-state index in [9.17, 15) is 9.59 Å². The van der Waals surface area contributed by atoms with Crippen molar-refractivity contribution in [3.8, 4) is 0 Å². The fourth-order valence-electron chi connectivity index (χ4n) is 0.503. The summed E-state index contributed by atoms with van der Waals surface area (Å²) in [5.41, 5.74) is 4.80. The van der Waals surface area contributed by atoms with Gasteiger partial charge in [0.15, 0.2) is 0 Å². The molecule has 0 aromatic rings. The molecule has 4 nitrogen and oxygen atoms in total. The molecule has 0 aliphatic rings. The summed E-state index contributed by atoms with van der Waals surface area (Å²) in [6.45, 7) is 0. The average molecular weight is 157 g/mol. The van der Waals surface area contributed by atoms with Crippen LogP contribution in [0.15, 0.2) is 12.2 Å². The lowest BCUT2D eigenvalue weighted by Gasteiger charge is -1.92. The number of carbonyl (C=O) groups is 2. The molecule has 0 aliphatic carbocycles. The van der Waals surface area contributed by atoms with E-state index in [4.69, 9.17) is 5.73 Å². The van der Waals surface area contributed by atoms with E-state index in [0.29, 0.717) is 6.42 Å². The predicted octanol–water partition coefficient (Wildman–Crippen LogP) is -0.0189. The van der Waals surface area contributed by atoms with Crippen LogP contribution in [-0.4, -0.2) is 19.0 Å². The number of hydrogen-bond donors (Lipinski definition) is 1. The molecule has 0 aliphatic heterocycles. The molecule has 0 saturated heterocycles. The van der Waals surface area contributed by atoms with Crippen molar-refractivity contribution in [1.82, 2.24) is 0 Å². The number of primary amides is 1. The van der Waals surface area contributed by atoms with Crippen molar-refractivity contribution < 1.29 is 14.3 Å². The highest BCUT2D eigenvalue weighted by Crippen LogP contribution is 1.92. The molecule has 4 heteroatoms. The number of nitrogens with two attached hydrogens (primary N) is 1. The van der Waals surface area contributed by atoms with E-state index in [0.717, 1.165) is 0 Å². The summed E-state index contributed by atoms with van der Waals surface area (Å²) >= 11 is 0. The van der Waals surface area contributed by atoms with Gasteiger partial charge in [-0.1, -0.05) is 6.08 Å². The molecule has 0 unspecified atom stereocenters. The molecule has 0 aromatic heterocycles. The highest BCUT2D eigenvalue weighted by atomic mass is 16.5. The second kappa shape index (κ2) is 5.46. The molecule has 0 spiro atoms. The Bertz CT molecular complexity index is 175. The standard InChI is InChI=1S/C7H11NO3/c1-11-7(10)5-3-2-4-6(8)9/h2,4H,3,5H2,1H3,(H2,8,9)/b4-2+. The normalized spacial score (nSPS) is 9.91. The number of ether oxygens (including phenoxy) is 1. The Morgan fingerprint density at radius 1 is 1.55 bits per heavy atom. The lowest BCUT2D eigenvalue weighted by atomic mass is 10.3. The number of carbonyl (C=O) groups excluding carboxylic acids is 2. The van der Waals surface area contributed by atoms with Gasteiger partial charge in [-0.05, 0) is 12.5 Å². The highest BCUT2D eigenvalue weighted by Gasteiger charge is 1.95. The van der Waals surface area contributed by atoms with E-state index in [1.807, 2.05) is 0 Å². The van der Waals surface area contributed by atoms with Crippen LogP contribution in [0.1, 0.15) is 12.8 Å². The minimum absolute atomic E-state index is 0.278. The topological polar surface area (TPSA) is 69.4 Å². The minimum atomic E-state index is -0.505. The van der Waals surface area contributed by atoms with Gasteiger partial charge < -0.3 is 10.5 Å². The summed E-state index contributed by atoms with van der Waals surface area (Å²) in [7, 11) is 1.32. The van der Waals surface area contributed by atoms with Crippen LogP contribution >= 0.6 is 0 Å². The second-order valence-corrected chi connectivity index (χ2v) is 1.92. The Morgan fingerprint density at radius 2 is 2.18 bits per heavy atom. The van der Waals surface area contributed by atoms with Crippen molar-refractivity contribution in [1.29, 1.82) is 0 Å². The Labute approximate surface area is 65.0 Å². The molecule has 0 rings (SSSR count). The average Bonchev–Trinajstić information content (AvgIpc) is 1.97. The third-order valence-electron chi connectivity index (χ3n) is 1.02. The monoisotopic (exact) mass is 157 g/mol. The maximum atomic E-state index is 10.5. The Hall–Kier alpha value is -1.32. The van der Waals surface area contributed by atoms with Gasteiger partial charge in [-0.15, -0.1) is 0 Å². The zero-order valence-electron chi connectivity index (χ0n) is 6.37. The fourth-order valence-corrected chi connectivity index (χ4v) is 0.503. The van der Waals surface area contributed by atoms with Crippen molar-refractivity contribution in [3.63, 3.8) is 0 Å². The SMILES string of the molecule is COC(=O)CC/C=C/C(N)=O. The molecule has 0 fully saturated rings. The number of allylic oxidation sites excluding steroid dienone is 1. The molecule has 0 aromatic carbocycles. The van der Waals surface area contributed by atoms with E-state index in [-0.39, 0.29) is 12.4 Å². The van der Waals surface area contributed by atoms with Gasteiger partial charge in [0.25, 0.3) is 0 Å². The first-order valence-electron chi connectivity index (χ1n) is 3.19. The smallest absolute Gasteiger partial charge is 0.305 e. The first kappa shape index (κ1) is 9.68. The first-order chi connectivity index (χ1) is 5.16. The summed E-state index contributed by atoms with van der Waals surface area (Å²) in [6.07, 6.45) is 3.53. The number of rotatable bonds is 4. The number of methoxy groups -OCH3 is 1. The van der Waals surface area contributed by atoms with Crippen molar-refractivity contribution in [2.45, 2.75) is 12.8 Å². The van der Waals surface area contributed by atoms with Crippen LogP contribution in [0.4, 0.5) is 0 Å². The lowest BCUT2D eigenvalue weighted by Crippen LogP contribution is -2.05. The fraction of sp³-hybridized carbons (Fsp3) is 0.429. The Morgan fingerprint density at radius 3 is 2.64 bits per heavy atom. The van der Waals surface area contributed by atoms with Crippen molar-refractivity contribution in [3.05, 3.63) is 12.2 Å². The molecule has 0 heterocycles. The summed E-state index contributed by atoms with van der Waals surface area (Å²) in [5.74, 6) is -0.797. The Balaban J connectivity index is 3.41. The maximum absolute atomic E-state index is 10.5. The van der Waals surface area contributed by atoms with Crippen LogP contribution < -0.4 is 5.73 Å². The van der Waals surface area contributed by atoms with Gasteiger partial charge in [0, 0.05) is 6.42 Å². The lowest BCUT2D eigenvalue weighted by molar-refractivity contribution is -0.140. The number of hydrogen-bond acceptors (Lipinski definition) is 3. The molecule has 0 bridgehead atoms. The van der Waals surface area contributed by atoms with Crippen LogP contribution in [0, 0.1) is 0 Å². The summed E-state index contributed by atoms with van der Waals surface area (Å²) in [4.78, 5) is 20.6. The van der Waals surface area contributed by atoms with Crippen LogP contribution in [0.5, 0.6) is 0 Å². The van der Waals surface area contributed by atoms with Crippen molar-refractivity contribution >= 4 is 11.9 Å². The Kier molecular flexibility index (Phi) is 4.81. The van der Waals surface area contributed by atoms with Gasteiger partial charge in [-0.3, -0.25) is 9.59 Å². The predicted molar refractivity (Wildman–Crippen MR) is 39.6 cm³/mol. The largest absolute Gasteiger partial charge is 0.469 e. The molecule has 0 atom stereocenters. The van der Waals surface area contributed by atoms with Crippen LogP contribution in [-0.2, 0) is 14.3 Å². The number of amides is 1. The molecule has 1 amide bonds. The van der Waals surface area contributed by atoms with E-state index >= 15 is 0 Å². The van der Waals surface area contributed by atoms with Crippen molar-refractivity contribution in [2.24, 2.45) is 5.73 Å². The molecule has 2 N–H and O–H groups in total. The summed E-state index contributed by atoms with van der Waals surface area (Å²) in [5, 5.41) is 0. The summed E-state index contributed by atoms with van der Waals surface area (Å²) in [6, 6.07) is 0. The van der Waals surface area contributed by atoms with E-state index < -0.39 is 5.91 Å². The molecule has 11 heavy (non-hydrogen) atoms. The quantitative estimate of drug-likeness (QED) is 0.460. The first-order valence-corrected chi connectivity index (χ1v) is 3.19. The van der Waals surface area contributed by atoms with Gasteiger partial charge in [0.2, 0.25) is 5.91 Å². The van der Waals surface area contributed by atoms with Gasteiger partial charge in [-0.25, -0.2) is 0 Å². The molecular weight excluding hydrogens is 146 g/mol. The zero-order valence-corrected chi connectivity index (χ0v) is 6.37. The highest BCUT2D eigenvalue weighted by molar-refractivity contribution is 5.85. The molecular formula is C7H11NO3. The van der Waals surface area contributed by atoms with Gasteiger partial charge >= 0.3 is 5.97 Å². The third kappa shape index (κ3) is 6.57.